The first kappa shape index (κ1) is 16.5. The lowest BCUT2D eigenvalue weighted by molar-refractivity contribution is 0.209. The van der Waals surface area contributed by atoms with Crippen LogP contribution < -0.4 is 5.32 Å². The van der Waals surface area contributed by atoms with Gasteiger partial charge in [-0.2, -0.15) is 4.31 Å². The second-order valence-corrected chi connectivity index (χ2v) is 7.90. The Bertz CT molecular complexity index is 598. The lowest BCUT2D eigenvalue weighted by Crippen LogP contribution is -2.49. The molecule has 1 aliphatic rings. The Kier molecular flexibility index (Phi) is 5.07. The van der Waals surface area contributed by atoms with Crippen LogP contribution in [0.1, 0.15) is 30.9 Å². The van der Waals surface area contributed by atoms with Gasteiger partial charge in [-0.1, -0.05) is 19.4 Å². The first-order valence-electron chi connectivity index (χ1n) is 7.64. The molecule has 21 heavy (non-hydrogen) atoms. The Labute approximate surface area is 128 Å². The number of rotatable bonds is 4. The molecule has 0 saturated carbocycles. The van der Waals surface area contributed by atoms with E-state index in [2.05, 4.69) is 12.2 Å². The predicted octanol–water partition coefficient (Wildman–Crippen LogP) is 2.31. The molecule has 1 aromatic carbocycles. The smallest absolute Gasteiger partial charge is 0.243 e. The second-order valence-electron chi connectivity index (χ2n) is 5.96. The summed E-state index contributed by atoms with van der Waals surface area (Å²) in [6, 6.07) is 5.82. The van der Waals surface area contributed by atoms with Crippen LogP contribution >= 0.6 is 0 Å². The Morgan fingerprint density at radius 3 is 2.57 bits per heavy atom. The Hall–Kier alpha value is -0.910. The largest absolute Gasteiger partial charge is 0.317 e. The van der Waals surface area contributed by atoms with E-state index in [0.29, 0.717) is 29.9 Å². The van der Waals surface area contributed by atoms with Crippen molar-refractivity contribution in [2.24, 2.45) is 5.92 Å². The van der Waals surface area contributed by atoms with E-state index in [-0.39, 0.29) is 0 Å². The SMILES string of the molecule is CCC1CN(S(=O)(=O)c2ccc(C)c(C)c2)CCC1NC. The molecule has 4 nitrogen and oxygen atoms in total. The summed E-state index contributed by atoms with van der Waals surface area (Å²) in [5, 5.41) is 3.31. The van der Waals surface area contributed by atoms with Gasteiger partial charge in [0, 0.05) is 19.1 Å². The number of hydrogen-bond acceptors (Lipinski definition) is 3. The van der Waals surface area contributed by atoms with Gasteiger partial charge in [0.05, 0.1) is 4.90 Å². The van der Waals surface area contributed by atoms with E-state index in [1.165, 1.54) is 0 Å². The standard InChI is InChI=1S/C16H26N2O2S/c1-5-14-11-18(9-8-16(14)17-4)21(19,20)15-7-6-12(2)13(3)10-15/h6-7,10,14,16-17H,5,8-9,11H2,1-4H3. The van der Waals surface area contributed by atoms with Gasteiger partial charge in [-0.25, -0.2) is 8.42 Å². The summed E-state index contributed by atoms with van der Waals surface area (Å²) in [4.78, 5) is 0.420. The normalized spacial score (nSPS) is 24.2. The van der Waals surface area contributed by atoms with E-state index in [9.17, 15) is 8.42 Å². The van der Waals surface area contributed by atoms with Crippen LogP contribution in [0.4, 0.5) is 0 Å². The van der Waals surface area contributed by atoms with Crippen LogP contribution in [0.5, 0.6) is 0 Å². The van der Waals surface area contributed by atoms with E-state index >= 15 is 0 Å². The van der Waals surface area contributed by atoms with Crippen molar-refractivity contribution in [2.75, 3.05) is 20.1 Å². The molecule has 1 fully saturated rings. The van der Waals surface area contributed by atoms with Crippen molar-refractivity contribution in [3.63, 3.8) is 0 Å². The zero-order chi connectivity index (χ0) is 15.6. The van der Waals surface area contributed by atoms with Crippen LogP contribution in [-0.2, 0) is 10.0 Å². The fraction of sp³-hybridized carbons (Fsp3) is 0.625. The van der Waals surface area contributed by atoms with Gasteiger partial charge in [-0.05, 0) is 56.5 Å². The monoisotopic (exact) mass is 310 g/mol. The summed E-state index contributed by atoms with van der Waals surface area (Å²) in [6.45, 7) is 7.28. The summed E-state index contributed by atoms with van der Waals surface area (Å²) in [6.07, 6.45) is 1.86. The van der Waals surface area contributed by atoms with E-state index in [1.54, 1.807) is 16.4 Å². The van der Waals surface area contributed by atoms with Crippen molar-refractivity contribution < 1.29 is 8.42 Å². The van der Waals surface area contributed by atoms with Crippen molar-refractivity contribution >= 4 is 10.0 Å². The average molecular weight is 310 g/mol. The highest BCUT2D eigenvalue weighted by Gasteiger charge is 2.34. The minimum atomic E-state index is -3.37. The fourth-order valence-corrected chi connectivity index (χ4v) is 4.63. The molecule has 2 atom stereocenters. The zero-order valence-corrected chi connectivity index (χ0v) is 14.2. The minimum absolute atomic E-state index is 0.380. The molecule has 0 radical (unpaired) electrons. The highest BCUT2D eigenvalue weighted by molar-refractivity contribution is 7.89. The van der Waals surface area contributed by atoms with Crippen LogP contribution in [0.2, 0.25) is 0 Å². The molecule has 0 aliphatic carbocycles. The number of sulfonamides is 1. The number of hydrogen-bond donors (Lipinski definition) is 1. The van der Waals surface area contributed by atoms with Gasteiger partial charge in [0.1, 0.15) is 0 Å². The third-order valence-electron chi connectivity index (χ3n) is 4.71. The molecular weight excluding hydrogens is 284 g/mol. The van der Waals surface area contributed by atoms with E-state index in [1.807, 2.05) is 27.0 Å². The highest BCUT2D eigenvalue weighted by Crippen LogP contribution is 2.26. The van der Waals surface area contributed by atoms with E-state index in [0.717, 1.165) is 24.0 Å². The molecule has 1 aromatic rings. The topological polar surface area (TPSA) is 49.4 Å². The molecule has 0 amide bonds. The van der Waals surface area contributed by atoms with Crippen LogP contribution in [0.25, 0.3) is 0 Å². The van der Waals surface area contributed by atoms with Crippen molar-refractivity contribution in [1.29, 1.82) is 0 Å². The van der Waals surface area contributed by atoms with Crippen LogP contribution in [-0.4, -0.2) is 38.9 Å². The Morgan fingerprint density at radius 2 is 2.00 bits per heavy atom. The number of piperidine rings is 1. The predicted molar refractivity (Wildman–Crippen MR) is 85.9 cm³/mol. The molecule has 2 unspecified atom stereocenters. The molecule has 0 bridgehead atoms. The highest BCUT2D eigenvalue weighted by atomic mass is 32.2. The molecule has 1 N–H and O–H groups in total. The second kappa shape index (κ2) is 6.46. The minimum Gasteiger partial charge on any atom is -0.317 e. The lowest BCUT2D eigenvalue weighted by atomic mass is 9.91. The maximum Gasteiger partial charge on any atom is 0.243 e. The van der Waals surface area contributed by atoms with Crippen LogP contribution in [0, 0.1) is 19.8 Å². The van der Waals surface area contributed by atoms with Crippen molar-refractivity contribution in [2.45, 2.75) is 44.6 Å². The van der Waals surface area contributed by atoms with Gasteiger partial charge in [0.15, 0.2) is 0 Å². The number of benzene rings is 1. The fourth-order valence-electron chi connectivity index (χ4n) is 3.03. The summed E-state index contributed by atoms with van der Waals surface area (Å²) >= 11 is 0. The maximum absolute atomic E-state index is 12.8. The van der Waals surface area contributed by atoms with Crippen LogP contribution in [0.15, 0.2) is 23.1 Å². The van der Waals surface area contributed by atoms with Crippen molar-refractivity contribution in [3.8, 4) is 0 Å². The molecule has 0 spiro atoms. The van der Waals surface area contributed by atoms with Gasteiger partial charge in [0.2, 0.25) is 10.0 Å². The molecule has 1 aliphatic heterocycles. The number of nitrogens with one attached hydrogen (secondary N) is 1. The van der Waals surface area contributed by atoms with Gasteiger partial charge >= 0.3 is 0 Å². The first-order valence-corrected chi connectivity index (χ1v) is 9.08. The van der Waals surface area contributed by atoms with E-state index < -0.39 is 10.0 Å². The molecule has 1 saturated heterocycles. The third kappa shape index (κ3) is 3.30. The van der Waals surface area contributed by atoms with Crippen molar-refractivity contribution in [1.82, 2.24) is 9.62 Å². The zero-order valence-electron chi connectivity index (χ0n) is 13.4. The van der Waals surface area contributed by atoms with Crippen molar-refractivity contribution in [3.05, 3.63) is 29.3 Å². The summed E-state index contributed by atoms with van der Waals surface area (Å²) < 4.78 is 27.3. The summed E-state index contributed by atoms with van der Waals surface area (Å²) in [5.74, 6) is 0.380. The number of nitrogens with zero attached hydrogens (tertiary/aromatic N) is 1. The van der Waals surface area contributed by atoms with Gasteiger partial charge in [0.25, 0.3) is 0 Å². The molecule has 2 rings (SSSR count). The van der Waals surface area contributed by atoms with Gasteiger partial charge in [-0.3, -0.25) is 0 Å². The molecule has 5 heteroatoms. The number of aryl methyl sites for hydroxylation is 2. The Balaban J connectivity index is 2.25. The van der Waals surface area contributed by atoms with Gasteiger partial charge in [-0.15, -0.1) is 0 Å². The quantitative estimate of drug-likeness (QED) is 0.928. The molecule has 118 valence electrons. The Morgan fingerprint density at radius 1 is 1.29 bits per heavy atom. The summed E-state index contributed by atoms with van der Waals surface area (Å²) in [7, 11) is -1.41. The maximum atomic E-state index is 12.8. The first-order chi connectivity index (χ1) is 9.90. The molecule has 1 heterocycles. The summed E-state index contributed by atoms with van der Waals surface area (Å²) in [5.41, 5.74) is 2.14. The van der Waals surface area contributed by atoms with Crippen LogP contribution in [0.3, 0.4) is 0 Å². The lowest BCUT2D eigenvalue weighted by Gasteiger charge is -2.37. The van der Waals surface area contributed by atoms with Gasteiger partial charge < -0.3 is 5.32 Å². The molecular formula is C16H26N2O2S. The van der Waals surface area contributed by atoms with E-state index in [4.69, 9.17) is 0 Å². The average Bonchev–Trinajstić information content (AvgIpc) is 2.49. The molecule has 0 aromatic heterocycles. The third-order valence-corrected chi connectivity index (χ3v) is 6.57.